The Hall–Kier alpha value is -2.11. The van der Waals surface area contributed by atoms with E-state index >= 15 is 0 Å². The maximum absolute atomic E-state index is 13.9. The van der Waals surface area contributed by atoms with Crippen molar-refractivity contribution in [3.05, 3.63) is 47.2 Å². The predicted molar refractivity (Wildman–Crippen MR) is 77.0 cm³/mol. The molecular formula is C15H11ClFNO3. The highest BCUT2D eigenvalue weighted by Crippen LogP contribution is 2.37. The number of aromatic nitrogens is 1. The summed E-state index contributed by atoms with van der Waals surface area (Å²) in [5, 5.41) is 13.5. The average Bonchev–Trinajstić information content (AvgIpc) is 2.92. The molecule has 0 radical (unpaired) electrons. The summed E-state index contributed by atoms with van der Waals surface area (Å²) in [5.74, 6) is -0.00104. The van der Waals surface area contributed by atoms with Crippen LogP contribution in [0.25, 0.3) is 22.2 Å². The zero-order chi connectivity index (χ0) is 14.8. The topological polar surface area (TPSA) is 55.5 Å². The van der Waals surface area contributed by atoms with Gasteiger partial charge in [-0.3, -0.25) is 0 Å². The molecule has 0 aliphatic rings. The molecule has 0 fully saturated rings. The highest BCUT2D eigenvalue weighted by molar-refractivity contribution is 6.36. The Morgan fingerprint density at radius 3 is 2.81 bits per heavy atom. The largest absolute Gasteiger partial charge is 0.489 e. The van der Waals surface area contributed by atoms with E-state index in [2.05, 4.69) is 5.16 Å². The van der Waals surface area contributed by atoms with E-state index in [1.807, 2.05) is 0 Å². The molecule has 108 valence electrons. The van der Waals surface area contributed by atoms with Crippen molar-refractivity contribution in [2.75, 3.05) is 13.2 Å². The van der Waals surface area contributed by atoms with Crippen molar-refractivity contribution in [1.29, 1.82) is 0 Å². The molecule has 0 bridgehead atoms. The number of aliphatic hydroxyl groups excluding tert-OH is 1. The predicted octanol–water partition coefficient (Wildman–Crippen LogP) is 3.66. The van der Waals surface area contributed by atoms with Gasteiger partial charge in [0.2, 0.25) is 0 Å². The third-order valence-corrected chi connectivity index (χ3v) is 3.38. The third-order valence-electron chi connectivity index (χ3n) is 3.02. The lowest BCUT2D eigenvalue weighted by Gasteiger charge is -2.06. The van der Waals surface area contributed by atoms with Crippen LogP contribution in [0.5, 0.6) is 5.75 Å². The molecule has 0 saturated heterocycles. The van der Waals surface area contributed by atoms with Gasteiger partial charge >= 0.3 is 0 Å². The molecule has 2 aromatic carbocycles. The quantitative estimate of drug-likeness (QED) is 0.799. The Kier molecular flexibility index (Phi) is 3.77. The molecule has 4 nitrogen and oxygen atoms in total. The average molecular weight is 308 g/mol. The van der Waals surface area contributed by atoms with E-state index < -0.39 is 0 Å². The van der Waals surface area contributed by atoms with Gasteiger partial charge < -0.3 is 14.4 Å². The van der Waals surface area contributed by atoms with Crippen LogP contribution >= 0.6 is 11.6 Å². The van der Waals surface area contributed by atoms with E-state index in [4.69, 9.17) is 26.0 Å². The minimum absolute atomic E-state index is 0.120. The molecule has 21 heavy (non-hydrogen) atoms. The first-order valence-electron chi connectivity index (χ1n) is 6.29. The first-order chi connectivity index (χ1) is 10.2. The molecule has 1 heterocycles. The highest BCUT2D eigenvalue weighted by atomic mass is 35.5. The van der Waals surface area contributed by atoms with E-state index in [-0.39, 0.29) is 24.1 Å². The molecule has 0 aliphatic carbocycles. The number of hydrogen-bond donors (Lipinski definition) is 1. The molecule has 1 N–H and O–H groups in total. The van der Waals surface area contributed by atoms with Gasteiger partial charge in [-0.2, -0.15) is 0 Å². The van der Waals surface area contributed by atoms with Crippen LogP contribution in [0.4, 0.5) is 4.39 Å². The van der Waals surface area contributed by atoms with E-state index in [0.717, 1.165) is 0 Å². The van der Waals surface area contributed by atoms with Crippen molar-refractivity contribution in [2.45, 2.75) is 0 Å². The second-order valence-corrected chi connectivity index (χ2v) is 4.72. The van der Waals surface area contributed by atoms with Gasteiger partial charge in [-0.1, -0.05) is 28.9 Å². The van der Waals surface area contributed by atoms with Crippen LogP contribution < -0.4 is 4.74 Å². The van der Waals surface area contributed by atoms with E-state index in [0.29, 0.717) is 28.0 Å². The molecule has 0 unspecified atom stereocenters. The summed E-state index contributed by atoms with van der Waals surface area (Å²) in [6.07, 6.45) is 0. The zero-order valence-corrected chi connectivity index (χ0v) is 11.6. The fourth-order valence-electron chi connectivity index (χ4n) is 2.07. The van der Waals surface area contributed by atoms with E-state index in [1.54, 1.807) is 30.3 Å². The maximum atomic E-state index is 13.9. The van der Waals surface area contributed by atoms with Crippen molar-refractivity contribution >= 4 is 22.6 Å². The summed E-state index contributed by atoms with van der Waals surface area (Å²) in [6, 6.07) is 9.65. The first kappa shape index (κ1) is 13.9. The van der Waals surface area contributed by atoms with Crippen LogP contribution in [-0.4, -0.2) is 23.5 Å². The molecule has 0 aliphatic heterocycles. The van der Waals surface area contributed by atoms with Crippen molar-refractivity contribution < 1.29 is 18.8 Å². The van der Waals surface area contributed by atoms with Gasteiger partial charge in [0.05, 0.1) is 12.0 Å². The van der Waals surface area contributed by atoms with E-state index in [9.17, 15) is 4.39 Å². The standard InChI is InChI=1S/C15H11ClFNO3/c16-13-12(20-8-7-19)6-5-10-14(18-21-15(10)13)9-3-1-2-4-11(9)17/h1-6,19H,7-8H2. The Morgan fingerprint density at radius 1 is 1.24 bits per heavy atom. The smallest absolute Gasteiger partial charge is 0.189 e. The molecule has 3 aromatic rings. The highest BCUT2D eigenvalue weighted by Gasteiger charge is 2.18. The Labute approximate surface area is 124 Å². The number of halogens is 2. The molecule has 0 saturated carbocycles. The van der Waals surface area contributed by atoms with Gasteiger partial charge in [-0.05, 0) is 24.3 Å². The zero-order valence-electron chi connectivity index (χ0n) is 10.8. The van der Waals surface area contributed by atoms with Crippen LogP contribution in [0.1, 0.15) is 0 Å². The Morgan fingerprint density at radius 2 is 2.05 bits per heavy atom. The van der Waals surface area contributed by atoms with Crippen molar-refractivity contribution in [1.82, 2.24) is 5.16 Å². The Balaban J connectivity index is 2.12. The SMILES string of the molecule is OCCOc1ccc2c(-c3ccccc3F)noc2c1Cl. The van der Waals surface area contributed by atoms with Gasteiger partial charge in [0.15, 0.2) is 5.58 Å². The monoisotopic (exact) mass is 307 g/mol. The molecule has 1 aromatic heterocycles. The summed E-state index contributed by atoms with van der Waals surface area (Å²) in [5.41, 5.74) is 1.06. The lowest BCUT2D eigenvalue weighted by molar-refractivity contribution is 0.201. The number of rotatable bonds is 4. The molecular weight excluding hydrogens is 297 g/mol. The number of hydrogen-bond acceptors (Lipinski definition) is 4. The van der Waals surface area contributed by atoms with Crippen LogP contribution in [0.15, 0.2) is 40.9 Å². The van der Waals surface area contributed by atoms with Gasteiger partial charge in [0, 0.05) is 5.56 Å². The number of nitrogens with zero attached hydrogens (tertiary/aromatic N) is 1. The van der Waals surface area contributed by atoms with Crippen LogP contribution in [-0.2, 0) is 0 Å². The minimum atomic E-state index is -0.385. The maximum Gasteiger partial charge on any atom is 0.189 e. The lowest BCUT2D eigenvalue weighted by Crippen LogP contribution is -2.01. The molecule has 0 amide bonds. The Bertz CT molecular complexity index is 788. The molecule has 3 rings (SSSR count). The van der Waals surface area contributed by atoms with E-state index in [1.165, 1.54) is 6.07 Å². The number of aliphatic hydroxyl groups is 1. The first-order valence-corrected chi connectivity index (χ1v) is 6.66. The second-order valence-electron chi connectivity index (χ2n) is 4.34. The fraction of sp³-hybridized carbons (Fsp3) is 0.133. The van der Waals surface area contributed by atoms with Gasteiger partial charge in [-0.15, -0.1) is 0 Å². The summed E-state index contributed by atoms with van der Waals surface area (Å²) >= 11 is 6.18. The number of fused-ring (bicyclic) bond motifs is 1. The van der Waals surface area contributed by atoms with Crippen LogP contribution in [0, 0.1) is 5.82 Å². The fourth-order valence-corrected chi connectivity index (χ4v) is 2.32. The summed E-state index contributed by atoms with van der Waals surface area (Å²) in [4.78, 5) is 0. The number of ether oxygens (including phenoxy) is 1. The van der Waals surface area contributed by atoms with Crippen molar-refractivity contribution in [2.24, 2.45) is 0 Å². The van der Waals surface area contributed by atoms with Gasteiger partial charge in [-0.25, -0.2) is 4.39 Å². The summed E-state index contributed by atoms with van der Waals surface area (Å²) < 4.78 is 24.4. The van der Waals surface area contributed by atoms with Crippen LogP contribution in [0.3, 0.4) is 0 Å². The molecule has 0 spiro atoms. The summed E-state index contributed by atoms with van der Waals surface area (Å²) in [6.45, 7) is 0.00474. The molecule has 0 atom stereocenters. The van der Waals surface area contributed by atoms with Crippen molar-refractivity contribution in [3.63, 3.8) is 0 Å². The van der Waals surface area contributed by atoms with Crippen LogP contribution in [0.2, 0.25) is 5.02 Å². The summed E-state index contributed by atoms with van der Waals surface area (Å²) in [7, 11) is 0. The lowest BCUT2D eigenvalue weighted by atomic mass is 10.1. The van der Waals surface area contributed by atoms with Gasteiger partial charge in [0.25, 0.3) is 0 Å². The number of benzene rings is 2. The van der Waals surface area contributed by atoms with Crippen molar-refractivity contribution in [3.8, 4) is 17.0 Å². The minimum Gasteiger partial charge on any atom is -0.489 e. The van der Waals surface area contributed by atoms with Gasteiger partial charge in [0.1, 0.15) is 28.9 Å². The molecule has 6 heteroatoms. The third kappa shape index (κ3) is 2.46. The second kappa shape index (κ2) is 5.71. The normalized spacial score (nSPS) is 11.0.